The molecule has 0 heterocycles. The van der Waals surface area contributed by atoms with Crippen molar-refractivity contribution in [1.29, 1.82) is 0 Å². The van der Waals surface area contributed by atoms with Crippen molar-refractivity contribution in [1.82, 2.24) is 5.32 Å². The summed E-state index contributed by atoms with van der Waals surface area (Å²) < 4.78 is 0. The van der Waals surface area contributed by atoms with Crippen molar-refractivity contribution in [2.24, 2.45) is 0 Å². The quantitative estimate of drug-likeness (QED) is 0.788. The number of rotatable bonds is 5. The van der Waals surface area contributed by atoms with Gasteiger partial charge in [-0.25, -0.2) is 0 Å². The Labute approximate surface area is 140 Å². The lowest BCUT2D eigenvalue weighted by Crippen LogP contribution is -2.32. The fourth-order valence-corrected chi connectivity index (χ4v) is 2.12. The average Bonchev–Trinajstić information content (AvgIpc) is 2.56. The first-order valence-electron chi connectivity index (χ1n) is 7.14. The number of amides is 2. The molecule has 0 aliphatic rings. The highest BCUT2D eigenvalue weighted by atomic mass is 35.5. The molecule has 2 amide bonds. The molecule has 5 nitrogen and oxygen atoms in total. The summed E-state index contributed by atoms with van der Waals surface area (Å²) in [5, 5.41) is 9.05. The molecule has 23 heavy (non-hydrogen) atoms. The van der Waals surface area contributed by atoms with Gasteiger partial charge in [0.25, 0.3) is 5.91 Å². The molecule has 120 valence electrons. The average molecular weight is 332 g/mol. The number of halogens is 1. The zero-order valence-corrected chi connectivity index (χ0v) is 13.6. The lowest BCUT2D eigenvalue weighted by Gasteiger charge is -2.16. The van der Waals surface area contributed by atoms with Gasteiger partial charge in [-0.15, -0.1) is 0 Å². The second-order valence-corrected chi connectivity index (χ2v) is 5.46. The van der Waals surface area contributed by atoms with E-state index in [1.165, 1.54) is 0 Å². The van der Waals surface area contributed by atoms with E-state index in [-0.39, 0.29) is 11.8 Å². The maximum Gasteiger partial charge on any atom is 0.251 e. The van der Waals surface area contributed by atoms with E-state index in [9.17, 15) is 9.59 Å². The van der Waals surface area contributed by atoms with Gasteiger partial charge in [0.1, 0.15) is 6.04 Å². The molecule has 0 saturated heterocycles. The minimum Gasteiger partial charge on any atom is -0.374 e. The number of hydrogen-bond acceptors (Lipinski definition) is 3. The van der Waals surface area contributed by atoms with Crippen LogP contribution in [0, 0.1) is 0 Å². The van der Waals surface area contributed by atoms with Gasteiger partial charge in [0, 0.05) is 29.0 Å². The molecule has 2 rings (SSSR count). The fourth-order valence-electron chi connectivity index (χ4n) is 1.99. The zero-order valence-electron chi connectivity index (χ0n) is 12.9. The minimum atomic E-state index is -0.467. The Balaban J connectivity index is 2.00. The molecule has 0 bridgehead atoms. The zero-order chi connectivity index (χ0) is 16.8. The standard InChI is InChI=1S/C17H18ClN3O2/c1-11(16(22)21-14-8-6-13(18)7-9-14)20-15-5-3-4-12(10-15)17(23)19-2/h3-11,20H,1-2H3,(H,19,23)(H,21,22)/t11-/m0/s1. The molecule has 0 fully saturated rings. The summed E-state index contributed by atoms with van der Waals surface area (Å²) in [6.45, 7) is 1.75. The van der Waals surface area contributed by atoms with E-state index < -0.39 is 6.04 Å². The van der Waals surface area contributed by atoms with Gasteiger partial charge in [0.2, 0.25) is 5.91 Å². The summed E-state index contributed by atoms with van der Waals surface area (Å²) in [7, 11) is 1.57. The maximum absolute atomic E-state index is 12.2. The van der Waals surface area contributed by atoms with Gasteiger partial charge < -0.3 is 16.0 Å². The maximum atomic E-state index is 12.2. The van der Waals surface area contributed by atoms with Crippen LogP contribution in [0.3, 0.4) is 0 Å². The number of carbonyl (C=O) groups is 2. The van der Waals surface area contributed by atoms with Gasteiger partial charge in [-0.3, -0.25) is 9.59 Å². The second-order valence-electron chi connectivity index (χ2n) is 5.02. The highest BCUT2D eigenvalue weighted by Gasteiger charge is 2.13. The van der Waals surface area contributed by atoms with E-state index >= 15 is 0 Å². The van der Waals surface area contributed by atoms with Gasteiger partial charge in [-0.2, -0.15) is 0 Å². The normalized spacial score (nSPS) is 11.4. The van der Waals surface area contributed by atoms with Crippen LogP contribution in [0.5, 0.6) is 0 Å². The molecule has 2 aromatic rings. The first kappa shape index (κ1) is 16.8. The van der Waals surface area contributed by atoms with Crippen molar-refractivity contribution in [2.45, 2.75) is 13.0 Å². The highest BCUT2D eigenvalue weighted by molar-refractivity contribution is 6.30. The van der Waals surface area contributed by atoms with Crippen molar-refractivity contribution in [3.8, 4) is 0 Å². The molecule has 0 spiro atoms. The number of carbonyl (C=O) groups excluding carboxylic acids is 2. The molecule has 1 atom stereocenters. The van der Waals surface area contributed by atoms with E-state index in [0.29, 0.717) is 22.0 Å². The van der Waals surface area contributed by atoms with Crippen LogP contribution in [0.2, 0.25) is 5.02 Å². The molecule has 0 unspecified atom stereocenters. The van der Waals surface area contributed by atoms with Gasteiger partial charge >= 0.3 is 0 Å². The molecule has 0 aromatic heterocycles. The molecule has 0 saturated carbocycles. The fraction of sp³-hybridized carbons (Fsp3) is 0.176. The van der Waals surface area contributed by atoms with Gasteiger partial charge in [0.15, 0.2) is 0 Å². The van der Waals surface area contributed by atoms with Crippen LogP contribution >= 0.6 is 11.6 Å². The number of hydrogen-bond donors (Lipinski definition) is 3. The molecule has 0 aliphatic heterocycles. The Bertz CT molecular complexity index is 701. The van der Waals surface area contributed by atoms with E-state index in [0.717, 1.165) is 0 Å². The molecule has 3 N–H and O–H groups in total. The Hall–Kier alpha value is -2.53. The molecule has 0 aliphatic carbocycles. The summed E-state index contributed by atoms with van der Waals surface area (Å²) in [6, 6.07) is 13.4. The summed E-state index contributed by atoms with van der Waals surface area (Å²) in [5.74, 6) is -0.357. The van der Waals surface area contributed by atoms with E-state index in [2.05, 4.69) is 16.0 Å². The van der Waals surface area contributed by atoms with Crippen LogP contribution in [-0.4, -0.2) is 24.9 Å². The van der Waals surface area contributed by atoms with E-state index in [4.69, 9.17) is 11.6 Å². The number of anilines is 2. The van der Waals surface area contributed by atoms with Crippen LogP contribution in [0.25, 0.3) is 0 Å². The Morgan fingerprint density at radius 2 is 1.74 bits per heavy atom. The van der Waals surface area contributed by atoms with Crippen molar-refractivity contribution < 1.29 is 9.59 Å². The molecular weight excluding hydrogens is 314 g/mol. The molecular formula is C17H18ClN3O2. The Morgan fingerprint density at radius 1 is 1.04 bits per heavy atom. The second kappa shape index (κ2) is 7.65. The van der Waals surface area contributed by atoms with Crippen molar-refractivity contribution in [2.75, 3.05) is 17.7 Å². The first-order valence-corrected chi connectivity index (χ1v) is 7.52. The lowest BCUT2D eigenvalue weighted by atomic mass is 10.1. The predicted octanol–water partition coefficient (Wildman–Crippen LogP) is 3.14. The van der Waals surface area contributed by atoms with Gasteiger partial charge in [-0.05, 0) is 49.4 Å². The first-order chi connectivity index (χ1) is 11.0. The predicted molar refractivity (Wildman–Crippen MR) is 93.0 cm³/mol. The van der Waals surface area contributed by atoms with Crippen LogP contribution in [0.15, 0.2) is 48.5 Å². The topological polar surface area (TPSA) is 70.2 Å². The minimum absolute atomic E-state index is 0.174. The summed E-state index contributed by atoms with van der Waals surface area (Å²) in [6.07, 6.45) is 0. The van der Waals surface area contributed by atoms with Crippen LogP contribution in [-0.2, 0) is 4.79 Å². The highest BCUT2D eigenvalue weighted by Crippen LogP contribution is 2.15. The Morgan fingerprint density at radius 3 is 2.39 bits per heavy atom. The van der Waals surface area contributed by atoms with Crippen LogP contribution < -0.4 is 16.0 Å². The Kier molecular flexibility index (Phi) is 5.60. The SMILES string of the molecule is CNC(=O)c1cccc(N[C@@H](C)C(=O)Nc2ccc(Cl)cc2)c1. The monoisotopic (exact) mass is 331 g/mol. The molecule has 6 heteroatoms. The van der Waals surface area contributed by atoms with Crippen molar-refractivity contribution in [3.63, 3.8) is 0 Å². The largest absolute Gasteiger partial charge is 0.374 e. The third-order valence-electron chi connectivity index (χ3n) is 3.24. The number of nitrogens with one attached hydrogen (secondary N) is 3. The van der Waals surface area contributed by atoms with Gasteiger partial charge in [0.05, 0.1) is 0 Å². The summed E-state index contributed by atoms with van der Waals surface area (Å²) in [5.41, 5.74) is 1.90. The summed E-state index contributed by atoms with van der Waals surface area (Å²) in [4.78, 5) is 23.8. The van der Waals surface area contributed by atoms with Gasteiger partial charge in [-0.1, -0.05) is 17.7 Å². The van der Waals surface area contributed by atoms with Crippen LogP contribution in [0.4, 0.5) is 11.4 Å². The smallest absolute Gasteiger partial charge is 0.251 e. The lowest BCUT2D eigenvalue weighted by molar-refractivity contribution is -0.116. The molecule has 0 radical (unpaired) electrons. The third-order valence-corrected chi connectivity index (χ3v) is 3.49. The number of benzene rings is 2. The van der Waals surface area contributed by atoms with E-state index in [1.807, 2.05) is 0 Å². The third kappa shape index (κ3) is 4.72. The van der Waals surface area contributed by atoms with Crippen molar-refractivity contribution in [3.05, 3.63) is 59.1 Å². The van der Waals surface area contributed by atoms with Crippen molar-refractivity contribution >= 4 is 34.8 Å². The van der Waals surface area contributed by atoms with E-state index in [1.54, 1.807) is 62.5 Å². The summed E-state index contributed by atoms with van der Waals surface area (Å²) >= 11 is 5.81. The van der Waals surface area contributed by atoms with Crippen LogP contribution in [0.1, 0.15) is 17.3 Å². The molecule has 2 aromatic carbocycles.